The maximum Gasteiger partial charge on any atom is 0.271 e. The highest BCUT2D eigenvalue weighted by Crippen LogP contribution is 2.38. The molecule has 0 bridgehead atoms. The Labute approximate surface area is 151 Å². The summed E-state index contributed by atoms with van der Waals surface area (Å²) in [5.74, 6) is 1.62. The van der Waals surface area contributed by atoms with E-state index in [9.17, 15) is 4.79 Å². The van der Waals surface area contributed by atoms with Crippen LogP contribution >= 0.6 is 0 Å². The molecule has 0 atom stereocenters. The Kier molecular flexibility index (Phi) is 5.26. The molecule has 7 nitrogen and oxygen atoms in total. The summed E-state index contributed by atoms with van der Waals surface area (Å²) in [6.45, 7) is 0.524. The van der Waals surface area contributed by atoms with Crippen molar-refractivity contribution in [3.8, 4) is 23.0 Å². The topological polar surface area (TPSA) is 78.4 Å². The van der Waals surface area contributed by atoms with Gasteiger partial charge in [-0.1, -0.05) is 12.1 Å². The third-order valence-corrected chi connectivity index (χ3v) is 4.01. The van der Waals surface area contributed by atoms with Crippen molar-refractivity contribution in [1.29, 1.82) is 0 Å². The van der Waals surface area contributed by atoms with Crippen molar-refractivity contribution in [2.45, 2.75) is 6.42 Å². The molecule has 7 heteroatoms. The number of nitrogens with one attached hydrogen (secondary N) is 1. The number of hydrogen-bond acceptors (Lipinski definition) is 6. The van der Waals surface area contributed by atoms with E-state index in [4.69, 9.17) is 18.9 Å². The van der Waals surface area contributed by atoms with E-state index >= 15 is 0 Å². The summed E-state index contributed by atoms with van der Waals surface area (Å²) in [7, 11) is 4.50. The van der Waals surface area contributed by atoms with Crippen LogP contribution in [0.2, 0.25) is 0 Å². The average molecular weight is 356 g/mol. The Morgan fingerprint density at radius 3 is 2.42 bits per heavy atom. The van der Waals surface area contributed by atoms with Gasteiger partial charge in [-0.2, -0.15) is 5.10 Å². The molecule has 3 rings (SSSR count). The van der Waals surface area contributed by atoms with Crippen molar-refractivity contribution in [3.63, 3.8) is 0 Å². The molecule has 26 heavy (non-hydrogen) atoms. The van der Waals surface area contributed by atoms with Crippen LogP contribution in [0.15, 0.2) is 41.5 Å². The molecule has 0 radical (unpaired) electrons. The number of fused-ring (bicyclic) bond motifs is 1. The fourth-order valence-corrected chi connectivity index (χ4v) is 2.73. The second-order valence-electron chi connectivity index (χ2n) is 5.51. The average Bonchev–Trinajstić information content (AvgIpc) is 2.70. The van der Waals surface area contributed by atoms with Crippen molar-refractivity contribution in [2.75, 3.05) is 27.9 Å². The fourth-order valence-electron chi connectivity index (χ4n) is 2.73. The molecule has 0 spiro atoms. The summed E-state index contributed by atoms with van der Waals surface area (Å²) in [6, 6.07) is 10.8. The molecule has 0 saturated carbocycles. The van der Waals surface area contributed by atoms with Crippen molar-refractivity contribution in [1.82, 2.24) is 5.43 Å². The Morgan fingerprint density at radius 1 is 1.08 bits per heavy atom. The maximum absolute atomic E-state index is 12.5. The lowest BCUT2D eigenvalue weighted by molar-refractivity contribution is 0.0953. The van der Waals surface area contributed by atoms with Gasteiger partial charge in [-0.05, 0) is 24.3 Å². The number of amides is 1. The molecule has 0 aliphatic carbocycles. The number of hydrogen-bond donors (Lipinski definition) is 1. The molecular weight excluding hydrogens is 336 g/mol. The number of methoxy groups -OCH3 is 3. The van der Waals surface area contributed by atoms with E-state index in [1.54, 1.807) is 12.1 Å². The molecule has 2 aromatic carbocycles. The predicted molar refractivity (Wildman–Crippen MR) is 96.7 cm³/mol. The zero-order valence-electron chi connectivity index (χ0n) is 14.9. The first-order valence-corrected chi connectivity index (χ1v) is 8.07. The summed E-state index contributed by atoms with van der Waals surface area (Å²) in [5, 5.41) is 4.28. The molecule has 1 aliphatic rings. The Bertz CT molecular complexity index is 823. The van der Waals surface area contributed by atoms with Crippen LogP contribution in [0.5, 0.6) is 23.0 Å². The van der Waals surface area contributed by atoms with Crippen molar-refractivity contribution in [3.05, 3.63) is 47.5 Å². The van der Waals surface area contributed by atoms with Gasteiger partial charge in [0.25, 0.3) is 5.91 Å². The summed E-state index contributed by atoms with van der Waals surface area (Å²) >= 11 is 0. The summed E-state index contributed by atoms with van der Waals surface area (Å²) in [5.41, 5.74) is 4.59. The van der Waals surface area contributed by atoms with Gasteiger partial charge >= 0.3 is 0 Å². The first-order chi connectivity index (χ1) is 12.7. The highest BCUT2D eigenvalue weighted by molar-refractivity contribution is 6.05. The van der Waals surface area contributed by atoms with E-state index in [1.807, 2.05) is 24.3 Å². The molecule has 1 aliphatic heterocycles. The van der Waals surface area contributed by atoms with Gasteiger partial charge in [0.05, 0.1) is 33.6 Å². The van der Waals surface area contributed by atoms with Gasteiger partial charge in [-0.3, -0.25) is 4.79 Å². The highest BCUT2D eigenvalue weighted by atomic mass is 16.5. The molecule has 136 valence electrons. The van der Waals surface area contributed by atoms with Gasteiger partial charge < -0.3 is 18.9 Å². The Hall–Kier alpha value is -3.22. The zero-order chi connectivity index (χ0) is 18.5. The lowest BCUT2D eigenvalue weighted by Gasteiger charge is -2.18. The van der Waals surface area contributed by atoms with Crippen LogP contribution in [-0.4, -0.2) is 39.6 Å². The minimum atomic E-state index is -0.374. The normalized spacial score (nSPS) is 14.2. The van der Waals surface area contributed by atoms with E-state index in [2.05, 4.69) is 10.5 Å². The van der Waals surface area contributed by atoms with Crippen LogP contribution in [0.4, 0.5) is 0 Å². The molecule has 2 aromatic rings. The van der Waals surface area contributed by atoms with E-state index in [1.165, 1.54) is 21.3 Å². The molecule has 1 amide bonds. The van der Waals surface area contributed by atoms with Crippen LogP contribution in [-0.2, 0) is 0 Å². The zero-order valence-corrected chi connectivity index (χ0v) is 14.9. The van der Waals surface area contributed by atoms with E-state index in [0.717, 1.165) is 17.0 Å². The van der Waals surface area contributed by atoms with Gasteiger partial charge in [0.1, 0.15) is 5.75 Å². The molecule has 1 N–H and O–H groups in total. The minimum absolute atomic E-state index is 0.351. The van der Waals surface area contributed by atoms with Gasteiger partial charge in [0.2, 0.25) is 5.75 Å². The fraction of sp³-hybridized carbons (Fsp3) is 0.263. The van der Waals surface area contributed by atoms with Crippen molar-refractivity contribution < 1.29 is 23.7 Å². The monoisotopic (exact) mass is 356 g/mol. The van der Waals surface area contributed by atoms with Crippen molar-refractivity contribution in [2.24, 2.45) is 5.10 Å². The van der Waals surface area contributed by atoms with E-state index < -0.39 is 0 Å². The van der Waals surface area contributed by atoms with E-state index in [-0.39, 0.29) is 5.91 Å². The Morgan fingerprint density at radius 2 is 1.77 bits per heavy atom. The smallest absolute Gasteiger partial charge is 0.271 e. The quantitative estimate of drug-likeness (QED) is 0.833. The molecule has 0 fully saturated rings. The number of carbonyl (C=O) groups excluding carboxylic acids is 1. The number of hydrazone groups is 1. The standard InChI is InChI=1S/C19H20N2O5/c1-23-16-10-12(11-17(24-2)18(16)25-3)19(22)21-20-14-8-9-26-15-7-5-4-6-13(14)15/h4-7,10-11H,8-9H2,1-3H3,(H,21,22)/b20-14-. The molecule has 0 unspecified atom stereocenters. The summed E-state index contributed by atoms with van der Waals surface area (Å²) < 4.78 is 21.4. The maximum atomic E-state index is 12.5. The lowest BCUT2D eigenvalue weighted by Crippen LogP contribution is -2.23. The van der Waals surface area contributed by atoms with Crippen molar-refractivity contribution >= 4 is 11.6 Å². The first-order valence-electron chi connectivity index (χ1n) is 8.07. The van der Waals surface area contributed by atoms with Crippen LogP contribution in [0.25, 0.3) is 0 Å². The number of nitrogens with zero attached hydrogens (tertiary/aromatic N) is 1. The van der Waals surface area contributed by atoms with Crippen LogP contribution in [0, 0.1) is 0 Å². The van der Waals surface area contributed by atoms with Crippen LogP contribution in [0.1, 0.15) is 22.3 Å². The third-order valence-electron chi connectivity index (χ3n) is 4.01. The number of rotatable bonds is 5. The molecule has 0 aromatic heterocycles. The SMILES string of the molecule is COc1cc(C(=O)N/N=C2/CCOc3ccccc32)cc(OC)c1OC. The lowest BCUT2D eigenvalue weighted by atomic mass is 10.0. The van der Waals surface area contributed by atoms with Gasteiger partial charge in [0, 0.05) is 17.5 Å². The second kappa shape index (κ2) is 7.77. The minimum Gasteiger partial charge on any atom is -0.493 e. The van der Waals surface area contributed by atoms with Crippen LogP contribution in [0.3, 0.4) is 0 Å². The predicted octanol–water partition coefficient (Wildman–Crippen LogP) is 2.63. The first kappa shape index (κ1) is 17.6. The largest absolute Gasteiger partial charge is 0.493 e. The summed E-state index contributed by atoms with van der Waals surface area (Å²) in [6.07, 6.45) is 0.618. The highest BCUT2D eigenvalue weighted by Gasteiger charge is 2.19. The number of benzene rings is 2. The summed E-state index contributed by atoms with van der Waals surface area (Å²) in [4.78, 5) is 12.5. The molecule has 0 saturated heterocycles. The molecule has 1 heterocycles. The second-order valence-corrected chi connectivity index (χ2v) is 5.51. The van der Waals surface area contributed by atoms with Gasteiger partial charge in [-0.15, -0.1) is 0 Å². The Balaban J connectivity index is 1.85. The number of para-hydroxylation sites is 1. The third kappa shape index (κ3) is 3.42. The number of ether oxygens (including phenoxy) is 4. The van der Waals surface area contributed by atoms with Crippen LogP contribution < -0.4 is 24.4 Å². The number of carbonyl (C=O) groups is 1. The van der Waals surface area contributed by atoms with Gasteiger partial charge in [0.15, 0.2) is 11.5 Å². The molecular formula is C19H20N2O5. The van der Waals surface area contributed by atoms with E-state index in [0.29, 0.717) is 35.8 Å². The van der Waals surface area contributed by atoms with Gasteiger partial charge in [-0.25, -0.2) is 5.43 Å².